The Bertz CT molecular complexity index is 469. The van der Waals surface area contributed by atoms with Crippen molar-refractivity contribution in [3.8, 4) is 0 Å². The van der Waals surface area contributed by atoms with Crippen LogP contribution in [0.2, 0.25) is 0 Å². The summed E-state index contributed by atoms with van der Waals surface area (Å²) in [7, 11) is 0. The van der Waals surface area contributed by atoms with Crippen molar-refractivity contribution in [2.45, 2.75) is 6.42 Å². The lowest BCUT2D eigenvalue weighted by molar-refractivity contribution is -0.121. The molecule has 1 amide bonds. The SMILES string of the molecule is O=C(CCN1CCN(c2ccccn2)CC1)NCC1CNC1. The van der Waals surface area contributed by atoms with Crippen LogP contribution in [0.25, 0.3) is 0 Å². The van der Waals surface area contributed by atoms with Gasteiger partial charge in [0.1, 0.15) is 5.82 Å². The summed E-state index contributed by atoms with van der Waals surface area (Å²) < 4.78 is 0. The molecule has 120 valence electrons. The van der Waals surface area contributed by atoms with E-state index in [2.05, 4.69) is 31.5 Å². The minimum absolute atomic E-state index is 0.180. The summed E-state index contributed by atoms with van der Waals surface area (Å²) >= 11 is 0. The fourth-order valence-corrected chi connectivity index (χ4v) is 2.84. The summed E-state index contributed by atoms with van der Waals surface area (Å²) in [6, 6.07) is 6.02. The fourth-order valence-electron chi connectivity index (χ4n) is 2.84. The zero-order valence-electron chi connectivity index (χ0n) is 13.0. The average molecular weight is 303 g/mol. The molecule has 1 aromatic rings. The summed E-state index contributed by atoms with van der Waals surface area (Å²) in [5.74, 6) is 1.86. The van der Waals surface area contributed by atoms with Gasteiger partial charge in [-0.1, -0.05) is 6.07 Å². The lowest BCUT2D eigenvalue weighted by Crippen LogP contribution is -2.49. The average Bonchev–Trinajstić information content (AvgIpc) is 2.53. The molecule has 3 rings (SSSR count). The highest BCUT2D eigenvalue weighted by Crippen LogP contribution is 2.12. The highest BCUT2D eigenvalue weighted by molar-refractivity contribution is 5.76. The Labute approximate surface area is 131 Å². The minimum Gasteiger partial charge on any atom is -0.356 e. The monoisotopic (exact) mass is 303 g/mol. The molecule has 0 spiro atoms. The van der Waals surface area contributed by atoms with Gasteiger partial charge in [0.2, 0.25) is 5.91 Å². The standard InChI is InChI=1S/C16H25N5O/c22-16(19-13-14-11-17-12-14)4-6-20-7-9-21(10-8-20)15-3-1-2-5-18-15/h1-3,5,14,17H,4,6-13H2,(H,19,22). The number of carbonyl (C=O) groups excluding carboxylic acids is 1. The normalized spacial score (nSPS) is 19.7. The number of carbonyl (C=O) groups is 1. The molecule has 2 fully saturated rings. The molecule has 0 radical (unpaired) electrons. The largest absolute Gasteiger partial charge is 0.356 e. The molecular weight excluding hydrogens is 278 g/mol. The van der Waals surface area contributed by atoms with Gasteiger partial charge in [-0.2, -0.15) is 0 Å². The summed E-state index contributed by atoms with van der Waals surface area (Å²) in [4.78, 5) is 20.9. The van der Waals surface area contributed by atoms with Gasteiger partial charge in [0.05, 0.1) is 0 Å². The van der Waals surface area contributed by atoms with Gasteiger partial charge >= 0.3 is 0 Å². The molecule has 2 aliphatic heterocycles. The zero-order valence-corrected chi connectivity index (χ0v) is 13.0. The third-order valence-electron chi connectivity index (χ3n) is 4.45. The Hall–Kier alpha value is -1.66. The zero-order chi connectivity index (χ0) is 15.2. The number of anilines is 1. The Balaban J connectivity index is 1.32. The first-order valence-electron chi connectivity index (χ1n) is 8.17. The molecule has 0 saturated carbocycles. The predicted molar refractivity (Wildman–Crippen MR) is 86.9 cm³/mol. The molecule has 6 heteroatoms. The summed E-state index contributed by atoms with van der Waals surface area (Å²) in [6.45, 7) is 7.70. The first-order chi connectivity index (χ1) is 10.8. The van der Waals surface area contributed by atoms with Crippen LogP contribution in [0.15, 0.2) is 24.4 Å². The maximum atomic E-state index is 11.8. The van der Waals surface area contributed by atoms with Crippen LogP contribution in [0.3, 0.4) is 0 Å². The molecule has 0 aromatic carbocycles. The number of piperazine rings is 1. The van der Waals surface area contributed by atoms with E-state index in [1.807, 2.05) is 18.3 Å². The first kappa shape index (κ1) is 15.2. The van der Waals surface area contributed by atoms with Crippen molar-refractivity contribution in [3.05, 3.63) is 24.4 Å². The van der Waals surface area contributed by atoms with Gasteiger partial charge in [-0.25, -0.2) is 4.98 Å². The van der Waals surface area contributed by atoms with E-state index in [1.54, 1.807) is 0 Å². The summed E-state index contributed by atoms with van der Waals surface area (Å²) in [5, 5.41) is 6.25. The summed E-state index contributed by atoms with van der Waals surface area (Å²) in [5.41, 5.74) is 0. The Kier molecular flexibility index (Phi) is 5.24. The van der Waals surface area contributed by atoms with Gasteiger partial charge in [0.25, 0.3) is 0 Å². The molecule has 2 saturated heterocycles. The maximum absolute atomic E-state index is 11.8. The number of hydrogen-bond acceptors (Lipinski definition) is 5. The van der Waals surface area contributed by atoms with Crippen LogP contribution in [0.5, 0.6) is 0 Å². The Morgan fingerprint density at radius 2 is 2.09 bits per heavy atom. The highest BCUT2D eigenvalue weighted by Gasteiger charge is 2.19. The van der Waals surface area contributed by atoms with E-state index in [1.165, 1.54) is 0 Å². The maximum Gasteiger partial charge on any atom is 0.221 e. The molecule has 0 atom stereocenters. The minimum atomic E-state index is 0.180. The number of nitrogens with zero attached hydrogens (tertiary/aromatic N) is 3. The molecular formula is C16H25N5O. The van der Waals surface area contributed by atoms with Gasteiger partial charge in [-0.3, -0.25) is 9.69 Å². The number of rotatable bonds is 6. The van der Waals surface area contributed by atoms with Crippen LogP contribution in [-0.2, 0) is 4.79 Å². The van der Waals surface area contributed by atoms with Crippen molar-refractivity contribution >= 4 is 11.7 Å². The number of aromatic nitrogens is 1. The third kappa shape index (κ3) is 4.18. The van der Waals surface area contributed by atoms with Gasteiger partial charge in [0, 0.05) is 70.9 Å². The van der Waals surface area contributed by atoms with Crippen molar-refractivity contribution in [1.82, 2.24) is 20.5 Å². The molecule has 6 nitrogen and oxygen atoms in total. The van der Waals surface area contributed by atoms with E-state index in [4.69, 9.17) is 0 Å². The smallest absolute Gasteiger partial charge is 0.221 e. The van der Waals surface area contributed by atoms with Crippen LogP contribution in [0.1, 0.15) is 6.42 Å². The predicted octanol–water partition coefficient (Wildman–Crippen LogP) is -0.0707. The number of amides is 1. The van der Waals surface area contributed by atoms with Crippen LogP contribution < -0.4 is 15.5 Å². The van der Waals surface area contributed by atoms with E-state index in [0.717, 1.165) is 58.2 Å². The van der Waals surface area contributed by atoms with Gasteiger partial charge in [0.15, 0.2) is 0 Å². The molecule has 0 aliphatic carbocycles. The van der Waals surface area contributed by atoms with Crippen LogP contribution >= 0.6 is 0 Å². The second kappa shape index (κ2) is 7.56. The van der Waals surface area contributed by atoms with Crippen LogP contribution in [0.4, 0.5) is 5.82 Å². The van der Waals surface area contributed by atoms with Crippen molar-refractivity contribution < 1.29 is 4.79 Å². The topological polar surface area (TPSA) is 60.5 Å². The molecule has 0 bridgehead atoms. The molecule has 2 aliphatic rings. The second-order valence-corrected chi connectivity index (χ2v) is 6.09. The van der Waals surface area contributed by atoms with Crippen LogP contribution in [0, 0.1) is 5.92 Å². The molecule has 1 aromatic heterocycles. The quantitative estimate of drug-likeness (QED) is 0.770. The van der Waals surface area contributed by atoms with Gasteiger partial charge in [-0.05, 0) is 12.1 Å². The Morgan fingerprint density at radius 1 is 1.27 bits per heavy atom. The van der Waals surface area contributed by atoms with E-state index < -0.39 is 0 Å². The number of nitrogens with one attached hydrogen (secondary N) is 2. The first-order valence-corrected chi connectivity index (χ1v) is 8.17. The van der Waals surface area contributed by atoms with Gasteiger partial charge < -0.3 is 15.5 Å². The lowest BCUT2D eigenvalue weighted by Gasteiger charge is -2.35. The molecule has 2 N–H and O–H groups in total. The van der Waals surface area contributed by atoms with E-state index >= 15 is 0 Å². The van der Waals surface area contributed by atoms with E-state index in [-0.39, 0.29) is 5.91 Å². The number of pyridine rings is 1. The lowest BCUT2D eigenvalue weighted by atomic mass is 10.0. The molecule has 3 heterocycles. The fraction of sp³-hybridized carbons (Fsp3) is 0.625. The second-order valence-electron chi connectivity index (χ2n) is 6.09. The van der Waals surface area contributed by atoms with Gasteiger partial charge in [-0.15, -0.1) is 0 Å². The summed E-state index contributed by atoms with van der Waals surface area (Å²) in [6.07, 6.45) is 2.44. The van der Waals surface area contributed by atoms with E-state index in [0.29, 0.717) is 12.3 Å². The van der Waals surface area contributed by atoms with Crippen molar-refractivity contribution in [1.29, 1.82) is 0 Å². The molecule has 22 heavy (non-hydrogen) atoms. The Morgan fingerprint density at radius 3 is 2.73 bits per heavy atom. The molecule has 0 unspecified atom stereocenters. The van der Waals surface area contributed by atoms with Crippen molar-refractivity contribution in [3.63, 3.8) is 0 Å². The third-order valence-corrected chi connectivity index (χ3v) is 4.45. The van der Waals surface area contributed by atoms with Crippen molar-refractivity contribution in [2.24, 2.45) is 5.92 Å². The van der Waals surface area contributed by atoms with Crippen molar-refractivity contribution in [2.75, 3.05) is 57.3 Å². The highest BCUT2D eigenvalue weighted by atomic mass is 16.1. The van der Waals surface area contributed by atoms with E-state index in [9.17, 15) is 4.79 Å². The number of hydrogen-bond donors (Lipinski definition) is 2. The van der Waals surface area contributed by atoms with Crippen LogP contribution in [-0.4, -0.2) is 68.1 Å².